The van der Waals surface area contributed by atoms with Gasteiger partial charge in [0.15, 0.2) is 0 Å². The fraction of sp³-hybridized carbons (Fsp3) is 0.0417. The maximum absolute atomic E-state index is 12.3. The first kappa shape index (κ1) is 22.9. The number of aromatic nitrogens is 2. The summed E-state index contributed by atoms with van der Waals surface area (Å²) in [4.78, 5) is 12.3. The number of hydrogen-bond acceptors (Lipinski definition) is 4. The number of carbonyl (C=O) groups is 1. The zero-order valence-electron chi connectivity index (χ0n) is 17.1. The number of amides is 1. The number of rotatable bonds is 7. The number of hydrogen-bond donors (Lipinski definition) is 2. The zero-order chi connectivity index (χ0) is 23.2. The summed E-state index contributed by atoms with van der Waals surface area (Å²) >= 11 is 18.1. The lowest BCUT2D eigenvalue weighted by Crippen LogP contribution is -2.18. The maximum Gasteiger partial charge on any atom is 0.289 e. The number of hydrazone groups is 1. The molecular weight excluding hydrogens is 483 g/mol. The molecule has 4 rings (SSSR count). The number of carbonyl (C=O) groups excluding carboxylic acids is 1. The fourth-order valence-corrected chi connectivity index (χ4v) is 3.56. The van der Waals surface area contributed by atoms with E-state index in [1.54, 1.807) is 24.3 Å². The minimum absolute atomic E-state index is 0.267. The smallest absolute Gasteiger partial charge is 0.289 e. The van der Waals surface area contributed by atoms with Crippen LogP contribution in [0.2, 0.25) is 15.1 Å². The number of aromatic amines is 1. The van der Waals surface area contributed by atoms with E-state index in [2.05, 4.69) is 20.7 Å². The van der Waals surface area contributed by atoms with Crippen molar-refractivity contribution in [2.45, 2.75) is 6.61 Å². The molecule has 0 aliphatic rings. The number of H-pyrrole nitrogens is 1. The molecule has 0 aliphatic heterocycles. The monoisotopic (exact) mass is 498 g/mol. The number of ether oxygens (including phenoxy) is 1. The fourth-order valence-electron chi connectivity index (χ4n) is 2.91. The number of benzene rings is 3. The zero-order valence-corrected chi connectivity index (χ0v) is 19.3. The Labute approximate surface area is 205 Å². The molecule has 0 aliphatic carbocycles. The van der Waals surface area contributed by atoms with Crippen molar-refractivity contribution in [1.82, 2.24) is 15.6 Å². The summed E-state index contributed by atoms with van der Waals surface area (Å²) in [6.07, 6.45) is 1.44. The minimum atomic E-state index is -0.435. The molecule has 0 unspecified atom stereocenters. The van der Waals surface area contributed by atoms with Crippen LogP contribution >= 0.6 is 34.8 Å². The normalized spacial score (nSPS) is 11.0. The quantitative estimate of drug-likeness (QED) is 0.229. The Bertz CT molecular complexity index is 1300. The highest BCUT2D eigenvalue weighted by Crippen LogP contribution is 2.23. The van der Waals surface area contributed by atoms with Gasteiger partial charge in [-0.3, -0.25) is 9.89 Å². The predicted molar refractivity (Wildman–Crippen MR) is 131 cm³/mol. The van der Waals surface area contributed by atoms with Crippen LogP contribution < -0.4 is 10.2 Å². The van der Waals surface area contributed by atoms with Crippen LogP contribution in [0, 0.1) is 0 Å². The van der Waals surface area contributed by atoms with Gasteiger partial charge in [-0.15, -0.1) is 0 Å². The van der Waals surface area contributed by atoms with Gasteiger partial charge < -0.3 is 4.74 Å². The van der Waals surface area contributed by atoms with Crippen molar-refractivity contribution in [2.75, 3.05) is 0 Å². The van der Waals surface area contributed by atoms with Crippen LogP contribution in [0.25, 0.3) is 11.3 Å². The second-order valence-electron chi connectivity index (χ2n) is 6.94. The molecule has 166 valence electrons. The third-order valence-electron chi connectivity index (χ3n) is 4.66. The second kappa shape index (κ2) is 10.5. The SMILES string of the molecule is O=C(N/N=C\c1ccc(Cl)cc1Cl)c1cc(-c2ccc(OCc3ccccc3Cl)cc2)n[nH]1. The van der Waals surface area contributed by atoms with Crippen molar-refractivity contribution in [2.24, 2.45) is 5.10 Å². The molecule has 9 heteroatoms. The van der Waals surface area contributed by atoms with Crippen LogP contribution in [0.15, 0.2) is 77.9 Å². The Kier molecular flexibility index (Phi) is 7.29. The molecule has 1 amide bonds. The molecule has 0 spiro atoms. The number of nitrogens with zero attached hydrogens (tertiary/aromatic N) is 2. The van der Waals surface area contributed by atoms with E-state index in [9.17, 15) is 4.79 Å². The molecule has 4 aromatic rings. The first-order valence-corrected chi connectivity index (χ1v) is 10.9. The van der Waals surface area contributed by atoms with E-state index in [4.69, 9.17) is 39.5 Å². The molecule has 33 heavy (non-hydrogen) atoms. The first-order chi connectivity index (χ1) is 16.0. The Morgan fingerprint density at radius 2 is 1.79 bits per heavy atom. The molecule has 0 saturated carbocycles. The van der Waals surface area contributed by atoms with Crippen molar-refractivity contribution in [3.05, 3.63) is 105 Å². The van der Waals surface area contributed by atoms with E-state index in [0.29, 0.717) is 38.7 Å². The van der Waals surface area contributed by atoms with Crippen molar-refractivity contribution >= 4 is 46.9 Å². The van der Waals surface area contributed by atoms with E-state index < -0.39 is 5.91 Å². The van der Waals surface area contributed by atoms with Crippen molar-refractivity contribution in [1.29, 1.82) is 0 Å². The van der Waals surface area contributed by atoms with Gasteiger partial charge in [-0.05, 0) is 48.5 Å². The molecule has 0 bridgehead atoms. The Morgan fingerprint density at radius 3 is 2.55 bits per heavy atom. The minimum Gasteiger partial charge on any atom is -0.489 e. The van der Waals surface area contributed by atoms with Crippen molar-refractivity contribution in [3.63, 3.8) is 0 Å². The average Bonchev–Trinajstić information content (AvgIpc) is 3.31. The topological polar surface area (TPSA) is 79.4 Å². The van der Waals surface area contributed by atoms with Gasteiger partial charge in [0.05, 0.1) is 16.9 Å². The van der Waals surface area contributed by atoms with Gasteiger partial charge in [0, 0.05) is 26.7 Å². The second-order valence-corrected chi connectivity index (χ2v) is 8.19. The highest BCUT2D eigenvalue weighted by molar-refractivity contribution is 6.36. The summed E-state index contributed by atoms with van der Waals surface area (Å²) < 4.78 is 5.79. The molecule has 1 heterocycles. The largest absolute Gasteiger partial charge is 0.489 e. The standard InChI is InChI=1S/C24H17Cl3N4O2/c25-18-8-5-16(21(27)11-18)13-28-31-24(32)23-12-22(29-30-23)15-6-9-19(10-7-15)33-14-17-3-1-2-4-20(17)26/h1-13H,14H2,(H,29,30)(H,31,32)/b28-13-. The molecule has 0 fully saturated rings. The van der Waals surface area contributed by atoms with E-state index in [-0.39, 0.29) is 5.69 Å². The van der Waals surface area contributed by atoms with E-state index >= 15 is 0 Å². The molecule has 3 aromatic carbocycles. The lowest BCUT2D eigenvalue weighted by atomic mass is 10.1. The molecule has 0 radical (unpaired) electrons. The van der Waals surface area contributed by atoms with Gasteiger partial charge in [-0.2, -0.15) is 10.2 Å². The van der Waals surface area contributed by atoms with Crippen LogP contribution in [0.5, 0.6) is 5.75 Å². The Balaban J connectivity index is 1.35. The Hall–Kier alpha value is -3.32. The first-order valence-electron chi connectivity index (χ1n) is 9.80. The van der Waals surface area contributed by atoms with Gasteiger partial charge in [0.25, 0.3) is 5.91 Å². The van der Waals surface area contributed by atoms with E-state index in [0.717, 1.165) is 11.1 Å². The molecule has 0 atom stereocenters. The predicted octanol–water partition coefficient (Wildman–Crippen LogP) is 6.38. The van der Waals surface area contributed by atoms with Crippen LogP contribution in [0.3, 0.4) is 0 Å². The van der Waals surface area contributed by atoms with Crippen LogP contribution in [0.4, 0.5) is 0 Å². The number of nitrogens with one attached hydrogen (secondary N) is 2. The highest BCUT2D eigenvalue weighted by atomic mass is 35.5. The molecular formula is C24H17Cl3N4O2. The summed E-state index contributed by atoms with van der Waals surface area (Å²) in [7, 11) is 0. The lowest BCUT2D eigenvalue weighted by molar-refractivity contribution is 0.0950. The Morgan fingerprint density at radius 1 is 1.00 bits per heavy atom. The number of halogens is 3. The van der Waals surface area contributed by atoms with Crippen LogP contribution in [-0.2, 0) is 6.61 Å². The lowest BCUT2D eigenvalue weighted by Gasteiger charge is -2.08. The average molecular weight is 500 g/mol. The summed E-state index contributed by atoms with van der Waals surface area (Å²) in [5.41, 5.74) is 5.68. The van der Waals surface area contributed by atoms with Crippen molar-refractivity contribution < 1.29 is 9.53 Å². The van der Waals surface area contributed by atoms with E-state index in [1.807, 2.05) is 48.5 Å². The molecule has 6 nitrogen and oxygen atoms in total. The van der Waals surface area contributed by atoms with Crippen LogP contribution in [-0.4, -0.2) is 22.3 Å². The van der Waals surface area contributed by atoms with Crippen LogP contribution in [0.1, 0.15) is 21.6 Å². The molecule has 0 saturated heterocycles. The van der Waals surface area contributed by atoms with E-state index in [1.165, 1.54) is 6.21 Å². The van der Waals surface area contributed by atoms with Gasteiger partial charge in [-0.25, -0.2) is 5.43 Å². The van der Waals surface area contributed by atoms with Gasteiger partial charge in [-0.1, -0.05) is 59.1 Å². The third kappa shape index (κ3) is 5.93. The molecule has 1 aromatic heterocycles. The van der Waals surface area contributed by atoms with Gasteiger partial charge in [0.2, 0.25) is 0 Å². The maximum atomic E-state index is 12.3. The van der Waals surface area contributed by atoms with Gasteiger partial charge >= 0.3 is 0 Å². The highest BCUT2D eigenvalue weighted by Gasteiger charge is 2.11. The molecule has 2 N–H and O–H groups in total. The third-order valence-corrected chi connectivity index (χ3v) is 5.59. The summed E-state index contributed by atoms with van der Waals surface area (Å²) in [5, 5.41) is 12.5. The summed E-state index contributed by atoms with van der Waals surface area (Å²) in [6, 6.07) is 21.6. The summed E-state index contributed by atoms with van der Waals surface area (Å²) in [5.74, 6) is 0.261. The van der Waals surface area contributed by atoms with Crippen molar-refractivity contribution in [3.8, 4) is 17.0 Å². The van der Waals surface area contributed by atoms with Gasteiger partial charge in [0.1, 0.15) is 18.1 Å². The summed E-state index contributed by atoms with van der Waals surface area (Å²) in [6.45, 7) is 0.369.